The van der Waals surface area contributed by atoms with E-state index in [2.05, 4.69) is 20.2 Å². The van der Waals surface area contributed by atoms with E-state index in [0.717, 1.165) is 27.7 Å². The Bertz CT molecular complexity index is 1750. The number of aromatic nitrogens is 6. The first kappa shape index (κ1) is 36.7. The van der Waals surface area contributed by atoms with Crippen molar-refractivity contribution in [3.8, 4) is 11.4 Å². The smallest absolute Gasteiger partial charge is 0.258 e. The Morgan fingerprint density at radius 1 is 0.583 bits per heavy atom. The van der Waals surface area contributed by atoms with Crippen LogP contribution in [0.4, 0.5) is 61.5 Å². The van der Waals surface area contributed by atoms with E-state index in [4.69, 9.17) is 0 Å². The predicted molar refractivity (Wildman–Crippen MR) is 137 cm³/mol. The van der Waals surface area contributed by atoms with E-state index in [9.17, 15) is 65.7 Å². The lowest BCUT2D eigenvalue weighted by atomic mass is 10.0. The summed E-state index contributed by atoms with van der Waals surface area (Å²) in [4.78, 5) is 6.15. The molecule has 0 bridgehead atoms. The number of halogens is 14. The molecule has 22 heteroatoms. The van der Waals surface area contributed by atoms with Crippen molar-refractivity contribution in [1.29, 1.82) is 0 Å². The molecule has 48 heavy (non-hydrogen) atoms. The molecule has 2 aromatic heterocycles. The van der Waals surface area contributed by atoms with Gasteiger partial charge in [0, 0.05) is 0 Å². The second-order valence-corrected chi connectivity index (χ2v) is 11.9. The third-order valence-corrected chi connectivity index (χ3v) is 8.77. The minimum Gasteiger partial charge on any atom is -0.258 e. The molecule has 0 aliphatic rings. The first-order valence-corrected chi connectivity index (χ1v) is 14.2. The Kier molecular flexibility index (Phi) is 9.25. The van der Waals surface area contributed by atoms with E-state index in [1.165, 1.54) is 0 Å². The maximum Gasteiger partial charge on any atom is 0.453 e. The zero-order valence-electron chi connectivity index (χ0n) is 24.3. The predicted octanol–water partition coefficient (Wildman–Crippen LogP) is 8.05. The minimum absolute atomic E-state index is 0.157. The summed E-state index contributed by atoms with van der Waals surface area (Å²) in [6.45, 7) is 3.37. The summed E-state index contributed by atoms with van der Waals surface area (Å²) in [5, 5.41) is -1.13. The highest BCUT2D eigenvalue weighted by Crippen LogP contribution is 2.50. The standard InChI is InChI=1S/C26H18F14N6OS/c1-9-5-15(27)17(45-11(3)41-21(43-45)25(35,36)37)7-13(9)19(23(29,30)31)48(47)20(24(32,33)34)14-8-18(16(28)6-10(14)2)46-12(4)42-22(44-46)26(38,39)40/h5-8,19-20H,1-4H3. The summed E-state index contributed by atoms with van der Waals surface area (Å²) in [5.74, 6) is -7.92. The van der Waals surface area contributed by atoms with Gasteiger partial charge in [-0.15, -0.1) is 10.2 Å². The SMILES string of the molecule is Cc1cc(F)c(-n2nc(C(F)(F)F)nc2C)cc1C(S(=O)C(c1cc(-n2nc(C(F)(F)F)nc2C)c(F)cc1C)C(F)(F)F)C(F)(F)F. The van der Waals surface area contributed by atoms with Crippen LogP contribution < -0.4 is 0 Å². The van der Waals surface area contributed by atoms with Gasteiger partial charge in [-0.2, -0.15) is 52.7 Å². The van der Waals surface area contributed by atoms with Gasteiger partial charge in [0.25, 0.3) is 11.6 Å². The third-order valence-electron chi connectivity index (χ3n) is 6.80. The zero-order chi connectivity index (χ0) is 36.5. The normalized spacial score (nSPS) is 15.1. The average Bonchev–Trinajstić information content (AvgIpc) is 3.48. The lowest BCUT2D eigenvalue weighted by molar-refractivity contribution is -0.145. The Balaban J connectivity index is 1.94. The van der Waals surface area contributed by atoms with E-state index in [-0.39, 0.29) is 21.5 Å². The van der Waals surface area contributed by atoms with Crippen molar-refractivity contribution in [2.75, 3.05) is 0 Å². The fourth-order valence-corrected chi connectivity index (χ4v) is 6.53. The van der Waals surface area contributed by atoms with E-state index >= 15 is 0 Å². The maximum absolute atomic E-state index is 15.0. The van der Waals surface area contributed by atoms with Crippen LogP contribution >= 0.6 is 0 Å². The molecule has 4 rings (SSSR count). The summed E-state index contributed by atoms with van der Waals surface area (Å²) >= 11 is 0. The topological polar surface area (TPSA) is 78.5 Å². The monoisotopic (exact) mass is 728 g/mol. The Morgan fingerprint density at radius 3 is 1.15 bits per heavy atom. The summed E-state index contributed by atoms with van der Waals surface area (Å²) in [7, 11) is -4.17. The van der Waals surface area contributed by atoms with Crippen LogP contribution in [0.25, 0.3) is 11.4 Å². The van der Waals surface area contributed by atoms with Crippen molar-refractivity contribution < 1.29 is 65.7 Å². The van der Waals surface area contributed by atoms with E-state index in [0.29, 0.717) is 12.1 Å². The molecule has 4 aromatic rings. The molecule has 7 nitrogen and oxygen atoms in total. The molecule has 2 aromatic carbocycles. The van der Waals surface area contributed by atoms with Crippen LogP contribution in [0.15, 0.2) is 24.3 Å². The van der Waals surface area contributed by atoms with Crippen LogP contribution in [-0.2, 0) is 23.2 Å². The van der Waals surface area contributed by atoms with Crippen LogP contribution in [0.5, 0.6) is 0 Å². The second kappa shape index (κ2) is 12.1. The van der Waals surface area contributed by atoms with Crippen LogP contribution in [0, 0.1) is 39.3 Å². The van der Waals surface area contributed by atoms with E-state index in [1.54, 1.807) is 0 Å². The van der Waals surface area contributed by atoms with Gasteiger partial charge in [0.1, 0.15) is 34.7 Å². The van der Waals surface area contributed by atoms with Crippen LogP contribution in [0.1, 0.15) is 56.1 Å². The molecular weight excluding hydrogens is 710 g/mol. The van der Waals surface area contributed by atoms with Crippen LogP contribution in [-0.4, -0.2) is 46.1 Å². The number of nitrogens with zero attached hydrogens (tertiary/aromatic N) is 6. The zero-order valence-corrected chi connectivity index (χ0v) is 25.1. The van der Waals surface area contributed by atoms with Gasteiger partial charge in [0.2, 0.25) is 0 Å². The van der Waals surface area contributed by atoms with Crippen molar-refractivity contribution in [3.63, 3.8) is 0 Å². The fraction of sp³-hybridized carbons (Fsp3) is 0.385. The molecule has 0 spiro atoms. The quantitative estimate of drug-likeness (QED) is 0.188. The van der Waals surface area contributed by atoms with Crippen molar-refractivity contribution in [2.24, 2.45) is 0 Å². The molecule has 262 valence electrons. The fourth-order valence-electron chi connectivity index (χ4n) is 4.72. The minimum atomic E-state index is -5.80. The van der Waals surface area contributed by atoms with E-state index < -0.39 is 115 Å². The first-order chi connectivity index (χ1) is 21.7. The van der Waals surface area contributed by atoms with Gasteiger partial charge in [-0.05, 0) is 74.2 Å². The van der Waals surface area contributed by atoms with Gasteiger partial charge in [-0.3, -0.25) is 4.21 Å². The lowest BCUT2D eigenvalue weighted by Crippen LogP contribution is -2.35. The number of hydrogen-bond acceptors (Lipinski definition) is 5. The van der Waals surface area contributed by atoms with Gasteiger partial charge in [0.05, 0.1) is 10.8 Å². The summed E-state index contributed by atoms with van der Waals surface area (Å²) < 4.78 is 211. The van der Waals surface area contributed by atoms with Gasteiger partial charge in [0.15, 0.2) is 10.5 Å². The summed E-state index contributed by atoms with van der Waals surface area (Å²) in [6, 6.07) is 1.17. The number of hydrogen-bond donors (Lipinski definition) is 0. The molecule has 0 amide bonds. The first-order valence-electron chi connectivity index (χ1n) is 12.9. The molecule has 0 aliphatic heterocycles. The highest BCUT2D eigenvalue weighted by molar-refractivity contribution is 7.85. The summed E-state index contributed by atoms with van der Waals surface area (Å²) in [6.07, 6.45) is -22.0. The van der Waals surface area contributed by atoms with Crippen molar-refractivity contribution in [2.45, 2.75) is 62.9 Å². The largest absolute Gasteiger partial charge is 0.453 e. The average molecular weight is 729 g/mol. The Labute approximate surface area is 262 Å². The van der Waals surface area contributed by atoms with Crippen molar-refractivity contribution in [1.82, 2.24) is 29.5 Å². The van der Waals surface area contributed by atoms with Crippen LogP contribution in [0.3, 0.4) is 0 Å². The van der Waals surface area contributed by atoms with Crippen LogP contribution in [0.2, 0.25) is 0 Å². The van der Waals surface area contributed by atoms with Crippen molar-refractivity contribution >= 4 is 10.8 Å². The molecule has 0 aliphatic carbocycles. The Hall–Kier alpha value is -4.11. The highest BCUT2D eigenvalue weighted by Gasteiger charge is 2.55. The molecular formula is C26H18F14N6OS. The molecule has 2 heterocycles. The molecule has 0 N–H and O–H groups in total. The van der Waals surface area contributed by atoms with Gasteiger partial charge >= 0.3 is 24.7 Å². The lowest BCUT2D eigenvalue weighted by Gasteiger charge is -2.29. The number of alkyl halides is 12. The second-order valence-electron chi connectivity index (χ2n) is 10.3. The number of rotatable bonds is 6. The molecule has 2 atom stereocenters. The maximum atomic E-state index is 15.0. The van der Waals surface area contributed by atoms with Crippen molar-refractivity contribution in [3.05, 3.63) is 81.5 Å². The molecule has 0 fully saturated rings. The molecule has 2 unspecified atom stereocenters. The van der Waals surface area contributed by atoms with E-state index in [1.807, 2.05) is 0 Å². The third kappa shape index (κ3) is 7.02. The van der Waals surface area contributed by atoms with Gasteiger partial charge in [-0.25, -0.2) is 28.1 Å². The molecule has 0 radical (unpaired) electrons. The molecule has 0 saturated carbocycles. The Morgan fingerprint density at radius 2 is 0.896 bits per heavy atom. The van der Waals surface area contributed by atoms with Gasteiger partial charge in [-0.1, -0.05) is 0 Å². The number of benzene rings is 2. The highest BCUT2D eigenvalue weighted by atomic mass is 32.2. The number of aryl methyl sites for hydroxylation is 4. The van der Waals surface area contributed by atoms with Gasteiger partial charge < -0.3 is 0 Å². The summed E-state index contributed by atoms with van der Waals surface area (Å²) in [5.41, 5.74) is -6.14. The molecule has 0 saturated heterocycles.